The van der Waals surface area contributed by atoms with Gasteiger partial charge in [-0.2, -0.15) is 0 Å². The number of anilines is 2. The van der Waals surface area contributed by atoms with Crippen LogP contribution in [0, 0.1) is 12.8 Å². The van der Waals surface area contributed by atoms with Gasteiger partial charge in [0.05, 0.1) is 18.3 Å². The van der Waals surface area contributed by atoms with Crippen LogP contribution in [0.25, 0.3) is 0 Å². The number of para-hydroxylation sites is 1. The normalized spacial score (nSPS) is 15.9. The monoisotopic (exact) mass is 510 g/mol. The van der Waals surface area contributed by atoms with Gasteiger partial charge < -0.3 is 30.7 Å². The van der Waals surface area contributed by atoms with Gasteiger partial charge in [-0.25, -0.2) is 4.79 Å². The van der Waals surface area contributed by atoms with Gasteiger partial charge in [-0.3, -0.25) is 9.59 Å². The molecule has 0 bridgehead atoms. The topological polar surface area (TPSA) is 120 Å². The van der Waals surface area contributed by atoms with Crippen LogP contribution in [0.3, 0.4) is 0 Å². The lowest BCUT2D eigenvalue weighted by Crippen LogP contribution is -2.51. The summed E-state index contributed by atoms with van der Waals surface area (Å²) in [6.45, 7) is 7.92. The number of amides is 3. The average molecular weight is 511 g/mol. The van der Waals surface area contributed by atoms with Crippen molar-refractivity contribution in [1.82, 2.24) is 10.2 Å². The molecule has 1 unspecified atom stereocenters. The number of ether oxygens (including phenoxy) is 1. The molecule has 37 heavy (non-hydrogen) atoms. The number of likely N-dealkylation sites (tertiary alicyclic amines) is 1. The Kier molecular flexibility index (Phi) is 9.52. The highest BCUT2D eigenvalue weighted by Gasteiger charge is 2.39. The van der Waals surface area contributed by atoms with Crippen molar-refractivity contribution >= 4 is 29.3 Å². The van der Waals surface area contributed by atoms with E-state index in [9.17, 15) is 14.4 Å². The molecule has 2 aromatic rings. The first kappa shape index (κ1) is 28.0. The van der Waals surface area contributed by atoms with Gasteiger partial charge in [-0.05, 0) is 88.0 Å². The molecule has 9 heteroatoms. The van der Waals surface area contributed by atoms with Gasteiger partial charge in [0.2, 0.25) is 5.91 Å². The van der Waals surface area contributed by atoms with E-state index in [-0.39, 0.29) is 24.3 Å². The third-order valence-corrected chi connectivity index (χ3v) is 7.15. The minimum atomic E-state index is -0.771. The van der Waals surface area contributed by atoms with Crippen molar-refractivity contribution in [3.8, 4) is 5.75 Å². The predicted molar refractivity (Wildman–Crippen MR) is 144 cm³/mol. The van der Waals surface area contributed by atoms with Crippen LogP contribution in [0.4, 0.5) is 16.2 Å². The Morgan fingerprint density at radius 3 is 2.38 bits per heavy atom. The van der Waals surface area contributed by atoms with E-state index in [4.69, 9.17) is 9.84 Å². The number of carboxylic acid groups (broad SMARTS) is 1. The lowest BCUT2D eigenvalue weighted by Gasteiger charge is -2.43. The number of piperidine rings is 1. The van der Waals surface area contributed by atoms with Crippen molar-refractivity contribution in [2.24, 2.45) is 5.92 Å². The molecular formula is C28H38N4O5. The zero-order chi connectivity index (χ0) is 27.0. The number of carbonyl (C=O) groups is 3. The molecule has 4 N–H and O–H groups in total. The van der Waals surface area contributed by atoms with E-state index in [2.05, 4.69) is 20.9 Å². The summed E-state index contributed by atoms with van der Waals surface area (Å²) >= 11 is 0. The lowest BCUT2D eigenvalue weighted by molar-refractivity contribution is -0.137. The summed E-state index contributed by atoms with van der Waals surface area (Å²) < 4.78 is 5.62. The highest BCUT2D eigenvalue weighted by molar-refractivity contribution is 6.01. The lowest BCUT2D eigenvalue weighted by atomic mass is 9.74. The Morgan fingerprint density at radius 1 is 1.08 bits per heavy atom. The molecule has 1 aliphatic rings. The van der Waals surface area contributed by atoms with E-state index < -0.39 is 11.5 Å². The predicted octanol–water partition coefficient (Wildman–Crippen LogP) is 4.58. The number of urea groups is 1. The Morgan fingerprint density at radius 2 is 1.76 bits per heavy atom. The van der Waals surface area contributed by atoms with Crippen molar-refractivity contribution in [2.45, 2.75) is 52.0 Å². The standard InChI is InChI=1S/C28H38N4O5/c1-19-8-5-6-9-23(19)29-27(36)30-24-12-11-22(18-25(24)37-4)28(3,31-20(2)33)21-13-16-32(17-14-21)15-7-10-26(34)35/h5-6,8-9,11-12,18,21H,7,10,13-17H2,1-4H3,(H,31,33)(H,34,35)(H2,29,30,36). The molecular weight excluding hydrogens is 472 g/mol. The summed E-state index contributed by atoms with van der Waals surface area (Å²) in [6.07, 6.45) is 2.54. The van der Waals surface area contributed by atoms with Gasteiger partial charge in [0.1, 0.15) is 5.75 Å². The molecule has 3 rings (SSSR count). The van der Waals surface area contributed by atoms with Crippen molar-refractivity contribution in [2.75, 3.05) is 37.4 Å². The van der Waals surface area contributed by atoms with Gasteiger partial charge in [-0.1, -0.05) is 24.3 Å². The molecule has 1 fully saturated rings. The SMILES string of the molecule is COc1cc(C(C)(NC(C)=O)C2CCN(CCCC(=O)O)CC2)ccc1NC(=O)Nc1ccccc1C. The van der Waals surface area contributed by atoms with Gasteiger partial charge in [-0.15, -0.1) is 0 Å². The van der Waals surface area contributed by atoms with Crippen molar-refractivity contribution < 1.29 is 24.2 Å². The molecule has 1 atom stereocenters. The van der Waals surface area contributed by atoms with E-state index in [1.54, 1.807) is 13.2 Å². The van der Waals surface area contributed by atoms with Crippen LogP contribution < -0.4 is 20.7 Å². The number of nitrogens with zero attached hydrogens (tertiary/aromatic N) is 1. The number of hydrogen-bond acceptors (Lipinski definition) is 5. The Hall–Kier alpha value is -3.59. The van der Waals surface area contributed by atoms with Crippen LogP contribution in [0.1, 0.15) is 50.7 Å². The number of nitrogens with one attached hydrogen (secondary N) is 3. The van der Waals surface area contributed by atoms with E-state index in [0.29, 0.717) is 17.9 Å². The summed E-state index contributed by atoms with van der Waals surface area (Å²) in [7, 11) is 1.55. The third-order valence-electron chi connectivity index (χ3n) is 7.15. The molecule has 200 valence electrons. The Labute approximate surface area is 218 Å². The molecule has 9 nitrogen and oxygen atoms in total. The van der Waals surface area contributed by atoms with Gasteiger partial charge in [0.15, 0.2) is 0 Å². The van der Waals surface area contributed by atoms with Gasteiger partial charge in [0.25, 0.3) is 0 Å². The zero-order valence-electron chi connectivity index (χ0n) is 22.1. The summed E-state index contributed by atoms with van der Waals surface area (Å²) in [6, 6.07) is 12.8. The van der Waals surface area contributed by atoms with Crippen LogP contribution in [-0.4, -0.2) is 54.7 Å². The largest absolute Gasteiger partial charge is 0.495 e. The number of methoxy groups -OCH3 is 1. The summed E-state index contributed by atoms with van der Waals surface area (Å²) in [5.74, 6) is -0.210. The molecule has 3 amide bonds. The molecule has 0 aromatic heterocycles. The van der Waals surface area contributed by atoms with Crippen LogP contribution in [0.2, 0.25) is 0 Å². The first-order chi connectivity index (χ1) is 17.6. The number of carbonyl (C=O) groups excluding carboxylic acids is 2. The summed E-state index contributed by atoms with van der Waals surface area (Å²) in [5.41, 5.74) is 2.47. The van der Waals surface area contributed by atoms with Gasteiger partial charge in [0, 0.05) is 19.0 Å². The molecule has 2 aromatic carbocycles. The van der Waals surface area contributed by atoms with Crippen molar-refractivity contribution in [3.05, 3.63) is 53.6 Å². The van der Waals surface area contributed by atoms with Gasteiger partial charge >= 0.3 is 12.0 Å². The molecule has 0 spiro atoms. The molecule has 0 radical (unpaired) electrons. The molecule has 1 aliphatic heterocycles. The quantitative estimate of drug-likeness (QED) is 0.372. The molecule has 0 aliphatic carbocycles. The number of hydrogen-bond donors (Lipinski definition) is 4. The third kappa shape index (κ3) is 7.45. The second-order valence-corrected chi connectivity index (χ2v) is 9.81. The van der Waals surface area contributed by atoms with Crippen molar-refractivity contribution in [1.29, 1.82) is 0 Å². The maximum Gasteiger partial charge on any atom is 0.323 e. The Balaban J connectivity index is 1.74. The first-order valence-electron chi connectivity index (χ1n) is 12.7. The maximum atomic E-state index is 12.6. The first-order valence-corrected chi connectivity index (χ1v) is 12.7. The van der Waals surface area contributed by atoms with E-state index in [1.165, 1.54) is 6.92 Å². The molecule has 0 saturated carbocycles. The highest BCUT2D eigenvalue weighted by atomic mass is 16.5. The summed E-state index contributed by atoms with van der Waals surface area (Å²) in [5, 5.41) is 17.8. The van der Waals surface area contributed by atoms with Crippen LogP contribution >= 0.6 is 0 Å². The highest BCUT2D eigenvalue weighted by Crippen LogP contribution is 2.39. The average Bonchev–Trinajstić information content (AvgIpc) is 2.85. The smallest absolute Gasteiger partial charge is 0.323 e. The molecule has 1 saturated heterocycles. The number of aliphatic carboxylic acids is 1. The van der Waals surface area contributed by atoms with Crippen LogP contribution in [-0.2, 0) is 15.1 Å². The second-order valence-electron chi connectivity index (χ2n) is 9.81. The van der Waals surface area contributed by atoms with Crippen LogP contribution in [0.5, 0.6) is 5.75 Å². The minimum absolute atomic E-state index is 0.120. The maximum absolute atomic E-state index is 12.6. The minimum Gasteiger partial charge on any atom is -0.495 e. The fourth-order valence-electron chi connectivity index (χ4n) is 5.07. The second kappa shape index (κ2) is 12.6. The summed E-state index contributed by atoms with van der Waals surface area (Å²) in [4.78, 5) is 38.0. The fraction of sp³-hybridized carbons (Fsp3) is 0.464. The zero-order valence-corrected chi connectivity index (χ0v) is 22.1. The fourth-order valence-corrected chi connectivity index (χ4v) is 5.07. The molecule has 1 heterocycles. The van der Waals surface area contributed by atoms with E-state index in [0.717, 1.165) is 49.3 Å². The van der Waals surface area contributed by atoms with Crippen molar-refractivity contribution in [3.63, 3.8) is 0 Å². The van der Waals surface area contributed by atoms with Crippen LogP contribution in [0.15, 0.2) is 42.5 Å². The number of benzene rings is 2. The Bertz CT molecular complexity index is 1110. The number of aryl methyl sites for hydroxylation is 1. The van der Waals surface area contributed by atoms with E-state index in [1.807, 2.05) is 50.2 Å². The van der Waals surface area contributed by atoms with E-state index >= 15 is 0 Å². The number of rotatable bonds is 10. The number of carboxylic acids is 1.